The van der Waals surface area contributed by atoms with Crippen LogP contribution in [0.2, 0.25) is 0 Å². The number of hydrogen-bond donors (Lipinski definition) is 3. The van der Waals surface area contributed by atoms with Crippen molar-refractivity contribution >= 4 is 17.8 Å². The van der Waals surface area contributed by atoms with E-state index in [0.717, 1.165) is 17.7 Å². The van der Waals surface area contributed by atoms with Crippen LogP contribution in [-0.2, 0) is 9.59 Å². The second-order valence-corrected chi connectivity index (χ2v) is 5.66. The number of amides is 4. The van der Waals surface area contributed by atoms with Crippen LogP contribution in [-0.4, -0.2) is 52.6 Å². The Hall–Kier alpha value is -1.63. The molecule has 0 spiro atoms. The Balaban J connectivity index is 1.81. The second-order valence-electron chi connectivity index (χ2n) is 5.66. The van der Waals surface area contributed by atoms with E-state index in [9.17, 15) is 19.5 Å². The lowest BCUT2D eigenvalue weighted by Gasteiger charge is -2.16. The van der Waals surface area contributed by atoms with E-state index in [1.807, 2.05) is 0 Å². The fourth-order valence-electron chi connectivity index (χ4n) is 2.03. The summed E-state index contributed by atoms with van der Waals surface area (Å²) in [6.07, 6.45) is 1.43. The maximum absolute atomic E-state index is 11.8. The molecule has 1 unspecified atom stereocenters. The first-order chi connectivity index (χ1) is 8.81. The summed E-state index contributed by atoms with van der Waals surface area (Å²) in [5, 5.41) is 14.6. The number of imide groups is 1. The average molecular weight is 269 g/mol. The first-order valence-corrected chi connectivity index (χ1v) is 6.40. The first-order valence-electron chi connectivity index (χ1n) is 6.40. The maximum Gasteiger partial charge on any atom is 0.325 e. The zero-order chi connectivity index (χ0) is 14.2. The Morgan fingerprint density at radius 1 is 1.53 bits per heavy atom. The predicted molar refractivity (Wildman–Crippen MR) is 66.1 cm³/mol. The molecular weight excluding hydrogens is 250 g/mol. The molecule has 1 saturated carbocycles. The monoisotopic (exact) mass is 269 g/mol. The van der Waals surface area contributed by atoms with E-state index in [2.05, 4.69) is 10.6 Å². The van der Waals surface area contributed by atoms with Gasteiger partial charge in [-0.15, -0.1) is 0 Å². The molecule has 1 heterocycles. The number of rotatable bonds is 5. The molecule has 0 aromatic carbocycles. The van der Waals surface area contributed by atoms with Gasteiger partial charge in [-0.2, -0.15) is 0 Å². The molecular formula is C12H19N3O4. The summed E-state index contributed by atoms with van der Waals surface area (Å²) in [7, 11) is 0. The lowest BCUT2D eigenvalue weighted by molar-refractivity contribution is -0.134. The summed E-state index contributed by atoms with van der Waals surface area (Å²) in [6.45, 7) is 3.02. The van der Waals surface area contributed by atoms with E-state index in [4.69, 9.17) is 0 Å². The Bertz CT molecular complexity index is 417. The third-order valence-corrected chi connectivity index (χ3v) is 3.42. The van der Waals surface area contributed by atoms with Crippen molar-refractivity contribution in [1.29, 1.82) is 0 Å². The van der Waals surface area contributed by atoms with Gasteiger partial charge >= 0.3 is 6.03 Å². The van der Waals surface area contributed by atoms with Crippen molar-refractivity contribution in [3.8, 4) is 0 Å². The molecule has 2 aliphatic rings. The van der Waals surface area contributed by atoms with Crippen LogP contribution in [0.25, 0.3) is 0 Å². The highest BCUT2D eigenvalue weighted by atomic mass is 16.3. The van der Waals surface area contributed by atoms with E-state index in [0.29, 0.717) is 0 Å². The van der Waals surface area contributed by atoms with Gasteiger partial charge in [0.05, 0.1) is 6.10 Å². The van der Waals surface area contributed by atoms with Gasteiger partial charge in [0.1, 0.15) is 12.1 Å². The highest BCUT2D eigenvalue weighted by molar-refractivity contribution is 6.08. The molecule has 3 N–H and O–H groups in total. The highest BCUT2D eigenvalue weighted by Gasteiger charge is 2.44. The fraction of sp³-hybridized carbons (Fsp3) is 0.750. The van der Waals surface area contributed by atoms with Crippen molar-refractivity contribution in [3.63, 3.8) is 0 Å². The molecule has 0 aromatic heterocycles. The molecule has 1 aliphatic heterocycles. The van der Waals surface area contributed by atoms with E-state index in [1.54, 1.807) is 13.8 Å². The maximum atomic E-state index is 11.8. The minimum absolute atomic E-state index is 0.163. The molecule has 7 nitrogen and oxygen atoms in total. The minimum atomic E-state index is -0.967. The van der Waals surface area contributed by atoms with Gasteiger partial charge in [-0.05, 0) is 32.6 Å². The van der Waals surface area contributed by atoms with Crippen LogP contribution in [0.15, 0.2) is 0 Å². The molecule has 0 aromatic rings. The van der Waals surface area contributed by atoms with E-state index in [-0.39, 0.29) is 19.0 Å². The number of carbonyl (C=O) groups excluding carboxylic acids is 3. The third-order valence-electron chi connectivity index (χ3n) is 3.42. The molecule has 106 valence electrons. The molecule has 2 fully saturated rings. The van der Waals surface area contributed by atoms with Gasteiger partial charge < -0.3 is 15.7 Å². The Morgan fingerprint density at radius 2 is 2.16 bits per heavy atom. The van der Waals surface area contributed by atoms with Crippen LogP contribution in [0.3, 0.4) is 0 Å². The van der Waals surface area contributed by atoms with Gasteiger partial charge in [0.25, 0.3) is 5.91 Å². The quantitative estimate of drug-likeness (QED) is 0.569. The van der Waals surface area contributed by atoms with E-state index < -0.39 is 29.5 Å². The number of urea groups is 1. The summed E-state index contributed by atoms with van der Waals surface area (Å²) >= 11 is 0. The van der Waals surface area contributed by atoms with Crippen molar-refractivity contribution in [1.82, 2.24) is 15.5 Å². The van der Waals surface area contributed by atoms with Crippen LogP contribution in [0.1, 0.15) is 26.7 Å². The fourth-order valence-corrected chi connectivity index (χ4v) is 2.03. The SMILES string of the molecule is CC1(C)NC(=O)N(CC(=O)NCC(O)C2CC2)C1=O. The van der Waals surface area contributed by atoms with Gasteiger partial charge in [-0.3, -0.25) is 14.5 Å². The van der Waals surface area contributed by atoms with Gasteiger partial charge in [0, 0.05) is 6.54 Å². The Kier molecular flexibility index (Phi) is 3.49. The molecule has 0 bridgehead atoms. The van der Waals surface area contributed by atoms with Gasteiger partial charge in [0.2, 0.25) is 5.91 Å². The van der Waals surface area contributed by atoms with Gasteiger partial charge in [-0.1, -0.05) is 0 Å². The topological polar surface area (TPSA) is 98.7 Å². The molecule has 4 amide bonds. The van der Waals surface area contributed by atoms with Gasteiger partial charge in [-0.25, -0.2) is 4.79 Å². The zero-order valence-corrected chi connectivity index (χ0v) is 11.1. The molecule has 2 rings (SSSR count). The Labute approximate surface area is 111 Å². The normalized spacial score (nSPS) is 23.2. The van der Waals surface area contributed by atoms with Crippen molar-refractivity contribution in [2.24, 2.45) is 5.92 Å². The van der Waals surface area contributed by atoms with Crippen molar-refractivity contribution < 1.29 is 19.5 Å². The van der Waals surface area contributed by atoms with Crippen molar-refractivity contribution in [2.75, 3.05) is 13.1 Å². The molecule has 19 heavy (non-hydrogen) atoms. The number of aliphatic hydroxyl groups is 1. The minimum Gasteiger partial charge on any atom is -0.391 e. The lowest BCUT2D eigenvalue weighted by atomic mass is 10.1. The molecule has 1 saturated heterocycles. The van der Waals surface area contributed by atoms with Crippen LogP contribution in [0.5, 0.6) is 0 Å². The Morgan fingerprint density at radius 3 is 2.63 bits per heavy atom. The van der Waals surface area contributed by atoms with Crippen molar-refractivity contribution in [2.45, 2.75) is 38.3 Å². The molecule has 1 aliphatic carbocycles. The van der Waals surface area contributed by atoms with Crippen LogP contribution in [0, 0.1) is 5.92 Å². The summed E-state index contributed by atoms with van der Waals surface area (Å²) in [5.41, 5.74) is -0.967. The highest BCUT2D eigenvalue weighted by Crippen LogP contribution is 2.32. The number of nitrogens with one attached hydrogen (secondary N) is 2. The lowest BCUT2D eigenvalue weighted by Crippen LogP contribution is -2.44. The second kappa shape index (κ2) is 4.80. The van der Waals surface area contributed by atoms with Crippen molar-refractivity contribution in [3.05, 3.63) is 0 Å². The zero-order valence-electron chi connectivity index (χ0n) is 11.1. The number of carbonyl (C=O) groups is 3. The number of aliphatic hydroxyl groups excluding tert-OH is 1. The largest absolute Gasteiger partial charge is 0.391 e. The van der Waals surface area contributed by atoms with E-state index in [1.165, 1.54) is 0 Å². The van der Waals surface area contributed by atoms with Crippen LogP contribution in [0.4, 0.5) is 4.79 Å². The van der Waals surface area contributed by atoms with Crippen LogP contribution < -0.4 is 10.6 Å². The smallest absolute Gasteiger partial charge is 0.325 e. The third kappa shape index (κ3) is 3.04. The summed E-state index contributed by atoms with van der Waals surface area (Å²) in [4.78, 5) is 35.9. The molecule has 0 radical (unpaired) electrons. The standard InChI is InChI=1S/C12H19N3O4/c1-12(2)10(18)15(11(19)14-12)6-9(17)13-5-8(16)7-3-4-7/h7-8,16H,3-6H2,1-2H3,(H,13,17)(H,14,19). The summed E-state index contributed by atoms with van der Waals surface area (Å²) < 4.78 is 0. The molecule has 1 atom stereocenters. The number of nitrogens with zero attached hydrogens (tertiary/aromatic N) is 1. The molecule has 7 heteroatoms. The van der Waals surface area contributed by atoms with Crippen LogP contribution >= 0.6 is 0 Å². The predicted octanol–water partition coefficient (Wildman–Crippen LogP) is -0.796. The summed E-state index contributed by atoms with van der Waals surface area (Å²) in [5.74, 6) is -0.591. The summed E-state index contributed by atoms with van der Waals surface area (Å²) in [6, 6.07) is -0.562. The van der Waals surface area contributed by atoms with Gasteiger partial charge in [0.15, 0.2) is 0 Å². The first kappa shape index (κ1) is 13.8. The average Bonchev–Trinajstić information content (AvgIpc) is 3.12. The van der Waals surface area contributed by atoms with E-state index >= 15 is 0 Å². The number of hydrogen-bond acceptors (Lipinski definition) is 4.